The number of alkyl halides is 3. The minimum Gasteiger partial charge on any atom is -0.398 e. The Labute approximate surface area is 110 Å². The molecule has 0 fully saturated rings. The maximum atomic E-state index is 12.6. The molecule has 3 N–H and O–H groups in total. The molecular formula is C13H17F3N2O. The van der Waals surface area contributed by atoms with E-state index in [4.69, 9.17) is 10.5 Å². The van der Waals surface area contributed by atoms with Gasteiger partial charge in [-0.05, 0) is 25.1 Å². The highest BCUT2D eigenvalue weighted by molar-refractivity contribution is 5.58. The zero-order valence-electron chi connectivity index (χ0n) is 10.7. The third-order valence-electron chi connectivity index (χ3n) is 2.28. The molecule has 0 unspecified atom stereocenters. The molecule has 0 amide bonds. The number of nitrogen functional groups attached to an aromatic ring is 1. The van der Waals surface area contributed by atoms with Crippen LogP contribution >= 0.6 is 0 Å². The molecule has 0 atom stereocenters. The van der Waals surface area contributed by atoms with Crippen LogP contribution in [0.15, 0.2) is 30.4 Å². The van der Waals surface area contributed by atoms with Crippen LogP contribution in [-0.4, -0.2) is 19.8 Å². The van der Waals surface area contributed by atoms with Gasteiger partial charge in [-0.2, -0.15) is 13.2 Å². The standard InChI is InChI=1S/C13H17F3N2O/c1-9(2)8-19-6-5-18-10-3-4-12(17)11(7-10)13(14,15)16/h3-4,7,18H,1,5-6,8,17H2,2H3. The first-order chi connectivity index (χ1) is 8.80. The molecule has 1 rings (SSSR count). The average Bonchev–Trinajstić information content (AvgIpc) is 2.28. The summed E-state index contributed by atoms with van der Waals surface area (Å²) >= 11 is 0. The second-order valence-corrected chi connectivity index (χ2v) is 4.24. The highest BCUT2D eigenvalue weighted by Crippen LogP contribution is 2.34. The Hall–Kier alpha value is -1.69. The minimum absolute atomic E-state index is 0.281. The summed E-state index contributed by atoms with van der Waals surface area (Å²) in [6.07, 6.45) is -4.45. The SMILES string of the molecule is C=C(C)COCCNc1ccc(N)c(C(F)(F)F)c1. The van der Waals surface area contributed by atoms with E-state index in [0.717, 1.165) is 11.6 Å². The Bertz CT molecular complexity index is 444. The number of rotatable bonds is 6. The fourth-order valence-corrected chi connectivity index (χ4v) is 1.43. The summed E-state index contributed by atoms with van der Waals surface area (Å²) in [7, 11) is 0. The maximum Gasteiger partial charge on any atom is 0.418 e. The summed E-state index contributed by atoms with van der Waals surface area (Å²) in [5.74, 6) is 0. The van der Waals surface area contributed by atoms with Gasteiger partial charge in [0.2, 0.25) is 0 Å². The van der Waals surface area contributed by atoms with E-state index < -0.39 is 11.7 Å². The van der Waals surface area contributed by atoms with Gasteiger partial charge in [0.25, 0.3) is 0 Å². The first-order valence-electron chi connectivity index (χ1n) is 5.73. The van der Waals surface area contributed by atoms with Crippen LogP contribution in [0, 0.1) is 0 Å². The van der Waals surface area contributed by atoms with Crippen molar-refractivity contribution in [3.05, 3.63) is 35.9 Å². The molecule has 0 aliphatic heterocycles. The van der Waals surface area contributed by atoms with E-state index in [-0.39, 0.29) is 5.69 Å². The third-order valence-corrected chi connectivity index (χ3v) is 2.28. The lowest BCUT2D eigenvalue weighted by molar-refractivity contribution is -0.136. The Kier molecular flexibility index (Phi) is 5.23. The van der Waals surface area contributed by atoms with Crippen LogP contribution < -0.4 is 11.1 Å². The molecule has 1 aromatic rings. The van der Waals surface area contributed by atoms with Crippen LogP contribution in [0.1, 0.15) is 12.5 Å². The van der Waals surface area contributed by atoms with E-state index in [9.17, 15) is 13.2 Å². The Morgan fingerprint density at radius 3 is 2.68 bits per heavy atom. The number of nitrogens with two attached hydrogens (primary N) is 1. The first kappa shape index (κ1) is 15.4. The zero-order chi connectivity index (χ0) is 14.5. The predicted molar refractivity (Wildman–Crippen MR) is 70.0 cm³/mol. The van der Waals surface area contributed by atoms with Crippen LogP contribution in [-0.2, 0) is 10.9 Å². The van der Waals surface area contributed by atoms with Crippen molar-refractivity contribution in [1.29, 1.82) is 0 Å². The first-order valence-corrected chi connectivity index (χ1v) is 5.73. The summed E-state index contributed by atoms with van der Waals surface area (Å²) < 4.78 is 43.1. The molecule has 19 heavy (non-hydrogen) atoms. The molecule has 0 saturated heterocycles. The van der Waals surface area contributed by atoms with E-state index in [1.807, 2.05) is 6.92 Å². The van der Waals surface area contributed by atoms with Crippen molar-refractivity contribution in [1.82, 2.24) is 0 Å². The van der Waals surface area contributed by atoms with Gasteiger partial charge in [-0.15, -0.1) is 0 Å². The molecule has 0 aliphatic rings. The Morgan fingerprint density at radius 2 is 2.11 bits per heavy atom. The van der Waals surface area contributed by atoms with Gasteiger partial charge in [0, 0.05) is 17.9 Å². The van der Waals surface area contributed by atoms with E-state index in [0.29, 0.717) is 25.4 Å². The van der Waals surface area contributed by atoms with Gasteiger partial charge in [-0.25, -0.2) is 0 Å². The van der Waals surface area contributed by atoms with Gasteiger partial charge < -0.3 is 15.8 Å². The number of hydrogen-bond acceptors (Lipinski definition) is 3. The van der Waals surface area contributed by atoms with Gasteiger partial charge in [-0.3, -0.25) is 0 Å². The summed E-state index contributed by atoms with van der Waals surface area (Å²) in [5, 5.41) is 2.85. The second-order valence-electron chi connectivity index (χ2n) is 4.24. The molecule has 0 heterocycles. The van der Waals surface area contributed by atoms with Crippen LogP contribution in [0.4, 0.5) is 24.5 Å². The lowest BCUT2D eigenvalue weighted by Gasteiger charge is -2.13. The van der Waals surface area contributed by atoms with Gasteiger partial charge >= 0.3 is 6.18 Å². The second kappa shape index (κ2) is 6.47. The normalized spacial score (nSPS) is 11.4. The summed E-state index contributed by atoms with van der Waals surface area (Å²) in [6, 6.07) is 3.73. The topological polar surface area (TPSA) is 47.3 Å². The molecule has 106 valence electrons. The fraction of sp³-hybridized carbons (Fsp3) is 0.385. The molecule has 0 bridgehead atoms. The zero-order valence-corrected chi connectivity index (χ0v) is 10.7. The molecule has 0 saturated carbocycles. The number of halogens is 3. The number of hydrogen-bond donors (Lipinski definition) is 2. The molecule has 6 heteroatoms. The molecule has 0 spiro atoms. The molecule has 1 aromatic carbocycles. The van der Waals surface area contributed by atoms with E-state index in [2.05, 4.69) is 11.9 Å². The predicted octanol–water partition coefficient (Wildman–Crippen LogP) is 3.29. The summed E-state index contributed by atoms with van der Waals surface area (Å²) in [6.45, 7) is 6.75. The van der Waals surface area contributed by atoms with Crippen molar-refractivity contribution in [2.45, 2.75) is 13.1 Å². The molecule has 3 nitrogen and oxygen atoms in total. The fourth-order valence-electron chi connectivity index (χ4n) is 1.43. The van der Waals surface area contributed by atoms with Crippen LogP contribution in [0.5, 0.6) is 0 Å². The smallest absolute Gasteiger partial charge is 0.398 e. The van der Waals surface area contributed by atoms with Crippen LogP contribution in [0.2, 0.25) is 0 Å². The van der Waals surface area contributed by atoms with Gasteiger partial charge in [0.15, 0.2) is 0 Å². The number of nitrogens with one attached hydrogen (secondary N) is 1. The van der Waals surface area contributed by atoms with Crippen molar-refractivity contribution in [3.63, 3.8) is 0 Å². The van der Waals surface area contributed by atoms with Crippen molar-refractivity contribution < 1.29 is 17.9 Å². The summed E-state index contributed by atoms with van der Waals surface area (Å²) in [4.78, 5) is 0. The van der Waals surface area contributed by atoms with Crippen molar-refractivity contribution >= 4 is 11.4 Å². The van der Waals surface area contributed by atoms with Crippen LogP contribution in [0.25, 0.3) is 0 Å². The summed E-state index contributed by atoms with van der Waals surface area (Å²) in [5.41, 5.74) is 5.45. The van der Waals surface area contributed by atoms with E-state index in [1.165, 1.54) is 12.1 Å². The number of anilines is 2. The highest BCUT2D eigenvalue weighted by Gasteiger charge is 2.33. The molecule has 0 aliphatic carbocycles. The van der Waals surface area contributed by atoms with Crippen LogP contribution in [0.3, 0.4) is 0 Å². The molecule has 0 aromatic heterocycles. The van der Waals surface area contributed by atoms with Crippen molar-refractivity contribution in [2.24, 2.45) is 0 Å². The molecule has 0 radical (unpaired) electrons. The molecular weight excluding hydrogens is 257 g/mol. The highest BCUT2D eigenvalue weighted by atomic mass is 19.4. The lowest BCUT2D eigenvalue weighted by atomic mass is 10.1. The van der Waals surface area contributed by atoms with Gasteiger partial charge in [0.1, 0.15) is 0 Å². The van der Waals surface area contributed by atoms with E-state index >= 15 is 0 Å². The van der Waals surface area contributed by atoms with Crippen molar-refractivity contribution in [2.75, 3.05) is 30.8 Å². The average molecular weight is 274 g/mol. The Morgan fingerprint density at radius 1 is 1.42 bits per heavy atom. The lowest BCUT2D eigenvalue weighted by Crippen LogP contribution is -2.13. The maximum absolute atomic E-state index is 12.6. The Balaban J connectivity index is 2.53. The monoisotopic (exact) mass is 274 g/mol. The number of benzene rings is 1. The largest absolute Gasteiger partial charge is 0.418 e. The van der Waals surface area contributed by atoms with Crippen molar-refractivity contribution in [3.8, 4) is 0 Å². The quantitative estimate of drug-likeness (QED) is 0.475. The van der Waals surface area contributed by atoms with E-state index in [1.54, 1.807) is 0 Å². The van der Waals surface area contributed by atoms with Gasteiger partial charge in [0.05, 0.1) is 18.8 Å². The third kappa shape index (κ3) is 5.21. The number of ether oxygens (including phenoxy) is 1. The van der Waals surface area contributed by atoms with Gasteiger partial charge in [-0.1, -0.05) is 12.2 Å². The minimum atomic E-state index is -4.45.